The van der Waals surface area contributed by atoms with Gasteiger partial charge < -0.3 is 14.6 Å². The number of hydrogen-bond donors (Lipinski definition) is 2. The number of anilines is 1. The molecule has 17 heteroatoms. The highest BCUT2D eigenvalue weighted by atomic mass is 35.5. The molecule has 1 aromatic carbocycles. The fraction of sp³-hybridized carbons (Fsp3) is 0.0800. The number of aliphatic carboxylic acids is 1. The van der Waals surface area contributed by atoms with Crippen LogP contribution in [0.3, 0.4) is 0 Å². The van der Waals surface area contributed by atoms with Crippen molar-refractivity contribution in [1.82, 2.24) is 24.7 Å². The molecule has 0 amide bonds. The van der Waals surface area contributed by atoms with E-state index in [1.807, 2.05) is 0 Å². The first kappa shape index (κ1) is 30.7. The highest BCUT2D eigenvalue weighted by molar-refractivity contribution is 8.00. The number of halogens is 6. The molecule has 0 spiro atoms. The van der Waals surface area contributed by atoms with Gasteiger partial charge in [-0.25, -0.2) is 19.2 Å². The molecule has 5 aromatic rings. The zero-order valence-electron chi connectivity index (χ0n) is 20.9. The Morgan fingerprint density at radius 2 is 1.88 bits per heavy atom. The first-order valence-corrected chi connectivity index (χ1v) is 13.4. The number of pyridine rings is 2. The van der Waals surface area contributed by atoms with Crippen LogP contribution < -0.4 is 9.46 Å². The van der Waals surface area contributed by atoms with E-state index < -0.39 is 23.9 Å². The minimum absolute atomic E-state index is 0.106. The molecule has 4 aromatic heterocycles. The molecular weight excluding hydrogens is 627 g/mol. The number of alkyl halides is 3. The summed E-state index contributed by atoms with van der Waals surface area (Å²) in [5.41, 5.74) is 3.55. The maximum Gasteiger partial charge on any atom is 0.490 e. The van der Waals surface area contributed by atoms with E-state index in [1.54, 1.807) is 53.2 Å². The van der Waals surface area contributed by atoms with Gasteiger partial charge in [-0.2, -0.15) is 22.7 Å². The van der Waals surface area contributed by atoms with Crippen LogP contribution in [-0.4, -0.2) is 42.0 Å². The summed E-state index contributed by atoms with van der Waals surface area (Å²) in [6, 6.07) is 7.54. The Labute approximate surface area is 247 Å². The lowest BCUT2D eigenvalue weighted by Gasteiger charge is -2.14. The van der Waals surface area contributed by atoms with E-state index >= 15 is 0 Å². The first-order chi connectivity index (χ1) is 19.9. The van der Waals surface area contributed by atoms with E-state index in [4.69, 9.17) is 26.2 Å². The molecule has 9 nitrogen and oxygen atoms in total. The van der Waals surface area contributed by atoms with Gasteiger partial charge in [-0.05, 0) is 36.2 Å². The van der Waals surface area contributed by atoms with Gasteiger partial charge in [0.25, 0.3) is 0 Å². The number of carboxylic acid groups (broad SMARTS) is 1. The monoisotopic (exact) mass is 642 g/mol. The van der Waals surface area contributed by atoms with E-state index in [0.29, 0.717) is 28.4 Å². The summed E-state index contributed by atoms with van der Waals surface area (Å²) < 4.78 is 71.4. The third-order valence-electron chi connectivity index (χ3n) is 5.07. The van der Waals surface area contributed by atoms with Crippen LogP contribution >= 0.6 is 34.9 Å². The molecule has 218 valence electrons. The number of ether oxygens (including phenoxy) is 1. The topological polar surface area (TPSA) is 115 Å². The van der Waals surface area contributed by atoms with Crippen LogP contribution in [0.2, 0.25) is 5.02 Å². The van der Waals surface area contributed by atoms with Crippen molar-refractivity contribution in [3.05, 3.63) is 82.8 Å². The number of aryl methyl sites for hydroxylation is 1. The zero-order valence-corrected chi connectivity index (χ0v) is 23.3. The molecule has 2 N–H and O–H groups in total. The lowest BCUT2D eigenvalue weighted by Crippen LogP contribution is -2.21. The molecule has 0 aliphatic rings. The Kier molecular flexibility index (Phi) is 9.59. The molecule has 0 saturated heterocycles. The molecule has 0 saturated carbocycles. The molecule has 42 heavy (non-hydrogen) atoms. The summed E-state index contributed by atoms with van der Waals surface area (Å²) in [5, 5.41) is 13.3. The van der Waals surface area contributed by atoms with Gasteiger partial charge in [0.1, 0.15) is 17.4 Å². The number of hydrogen-bond acceptors (Lipinski definition) is 9. The molecule has 0 aliphatic heterocycles. The quantitative estimate of drug-likeness (QED) is 0.106. The van der Waals surface area contributed by atoms with Gasteiger partial charge in [0.2, 0.25) is 5.95 Å². The number of nitrogens with one attached hydrogen (secondary N) is 1. The molecule has 0 radical (unpaired) electrons. The SMILES string of the molecule is Cn1cc(-c2cc(-c3cccnc3F)ncc2Oc2cc(F)c(SNc3cscn3)cc2Cl)cn1.O=C(O)C(F)(F)F. The van der Waals surface area contributed by atoms with Gasteiger partial charge in [0, 0.05) is 42.0 Å². The molecule has 0 unspecified atom stereocenters. The number of benzene rings is 1. The van der Waals surface area contributed by atoms with Crippen molar-refractivity contribution in [2.45, 2.75) is 11.1 Å². The Balaban J connectivity index is 0.000000517. The largest absolute Gasteiger partial charge is 0.490 e. The van der Waals surface area contributed by atoms with Crippen LogP contribution in [0.15, 0.2) is 70.9 Å². The van der Waals surface area contributed by atoms with Crippen LogP contribution in [0.1, 0.15) is 0 Å². The summed E-state index contributed by atoms with van der Waals surface area (Å²) in [6.07, 6.45) is 1.13. The third-order valence-corrected chi connectivity index (χ3v) is 6.79. The molecule has 0 bridgehead atoms. The number of carboxylic acids is 1. The summed E-state index contributed by atoms with van der Waals surface area (Å²) >= 11 is 8.90. The summed E-state index contributed by atoms with van der Waals surface area (Å²) in [5.74, 6) is -2.90. The van der Waals surface area contributed by atoms with Crippen molar-refractivity contribution < 1.29 is 36.6 Å². The van der Waals surface area contributed by atoms with Gasteiger partial charge in [-0.1, -0.05) is 11.6 Å². The lowest BCUT2D eigenvalue weighted by molar-refractivity contribution is -0.192. The normalized spacial score (nSPS) is 11.0. The van der Waals surface area contributed by atoms with Crippen LogP contribution in [0, 0.1) is 11.8 Å². The van der Waals surface area contributed by atoms with Crippen LogP contribution in [-0.2, 0) is 11.8 Å². The average molecular weight is 643 g/mol. The molecular formula is C25H16ClF5N6O3S2. The molecule has 4 heterocycles. The summed E-state index contributed by atoms with van der Waals surface area (Å²) in [4.78, 5) is 21.3. The zero-order chi connectivity index (χ0) is 30.4. The summed E-state index contributed by atoms with van der Waals surface area (Å²) in [6.45, 7) is 0. The van der Waals surface area contributed by atoms with Gasteiger partial charge >= 0.3 is 12.1 Å². The lowest BCUT2D eigenvalue weighted by atomic mass is 10.1. The van der Waals surface area contributed by atoms with Crippen molar-refractivity contribution in [2.75, 3.05) is 4.72 Å². The second-order valence-corrected chi connectivity index (χ2v) is 9.98. The van der Waals surface area contributed by atoms with E-state index in [1.165, 1.54) is 35.9 Å². The van der Waals surface area contributed by atoms with Crippen molar-refractivity contribution in [3.63, 3.8) is 0 Å². The van der Waals surface area contributed by atoms with Crippen molar-refractivity contribution >= 4 is 46.7 Å². The van der Waals surface area contributed by atoms with Gasteiger partial charge in [0.05, 0.1) is 39.1 Å². The van der Waals surface area contributed by atoms with E-state index in [0.717, 1.165) is 11.9 Å². The number of rotatable bonds is 7. The predicted molar refractivity (Wildman–Crippen MR) is 146 cm³/mol. The molecule has 0 atom stereocenters. The minimum atomic E-state index is -5.08. The fourth-order valence-electron chi connectivity index (χ4n) is 3.19. The first-order valence-electron chi connectivity index (χ1n) is 11.3. The molecule has 0 fully saturated rings. The smallest absolute Gasteiger partial charge is 0.475 e. The van der Waals surface area contributed by atoms with E-state index in [9.17, 15) is 22.0 Å². The Hall–Kier alpha value is -4.28. The predicted octanol–water partition coefficient (Wildman–Crippen LogP) is 7.48. The van der Waals surface area contributed by atoms with Gasteiger partial charge in [0.15, 0.2) is 5.75 Å². The van der Waals surface area contributed by atoms with Crippen LogP contribution in [0.25, 0.3) is 22.4 Å². The second kappa shape index (κ2) is 13.1. The van der Waals surface area contributed by atoms with Crippen molar-refractivity contribution in [2.24, 2.45) is 7.05 Å². The number of nitrogens with zero attached hydrogens (tertiary/aromatic N) is 5. The van der Waals surface area contributed by atoms with Crippen LogP contribution in [0.4, 0.5) is 27.8 Å². The van der Waals surface area contributed by atoms with E-state index in [2.05, 4.69) is 24.8 Å². The van der Waals surface area contributed by atoms with Crippen molar-refractivity contribution in [1.29, 1.82) is 0 Å². The van der Waals surface area contributed by atoms with Crippen molar-refractivity contribution in [3.8, 4) is 33.9 Å². The number of thiazole rings is 1. The second-order valence-electron chi connectivity index (χ2n) is 8.01. The maximum atomic E-state index is 14.8. The molecule has 5 rings (SSSR count). The van der Waals surface area contributed by atoms with Crippen LogP contribution in [0.5, 0.6) is 11.5 Å². The summed E-state index contributed by atoms with van der Waals surface area (Å²) in [7, 11) is 1.77. The Morgan fingerprint density at radius 1 is 1.12 bits per heavy atom. The van der Waals surface area contributed by atoms with Gasteiger partial charge in [-0.3, -0.25) is 9.67 Å². The minimum Gasteiger partial charge on any atom is -0.475 e. The van der Waals surface area contributed by atoms with Gasteiger partial charge in [-0.15, -0.1) is 11.3 Å². The standard InChI is InChI=1S/C23H15ClF2N6OS2.C2HF3O2/c1-32-10-13(8-30-32)15-5-18(14-3-2-4-27-23(14)26)28-9-20(15)33-19-7-17(25)21(6-16(19)24)35-31-22-11-34-12-29-22;3-2(4,5)1(6)7/h2-12,31H,1H3;(H,6,7). The Morgan fingerprint density at radius 3 is 2.50 bits per heavy atom. The third kappa shape index (κ3) is 7.71. The fourth-order valence-corrected chi connectivity index (χ4v) is 4.67. The van der Waals surface area contributed by atoms with E-state index in [-0.39, 0.29) is 21.2 Å². The maximum absolute atomic E-state index is 14.8. The number of carbonyl (C=O) groups is 1. The Bertz CT molecular complexity index is 1700. The average Bonchev–Trinajstić information content (AvgIpc) is 3.62. The highest BCUT2D eigenvalue weighted by Gasteiger charge is 2.38. The number of aromatic nitrogens is 5. The molecule has 0 aliphatic carbocycles. The highest BCUT2D eigenvalue weighted by Crippen LogP contribution is 2.40.